The summed E-state index contributed by atoms with van der Waals surface area (Å²) in [6.07, 6.45) is 3.45. The molecule has 1 saturated heterocycles. The van der Waals surface area contributed by atoms with Crippen LogP contribution in [0.15, 0.2) is 42.6 Å². The van der Waals surface area contributed by atoms with Gasteiger partial charge in [-0.15, -0.1) is 0 Å². The molecule has 0 aliphatic carbocycles. The summed E-state index contributed by atoms with van der Waals surface area (Å²) in [6.45, 7) is 11.4. The van der Waals surface area contributed by atoms with Gasteiger partial charge in [-0.1, -0.05) is 19.1 Å². The van der Waals surface area contributed by atoms with Crippen molar-refractivity contribution in [1.82, 2.24) is 25.0 Å². The average Bonchev–Trinajstić information content (AvgIpc) is 3.54. The lowest BCUT2D eigenvalue weighted by molar-refractivity contribution is 0.0951. The minimum atomic E-state index is -0.198. The molecule has 1 aliphatic heterocycles. The largest absolute Gasteiger partial charge is 0.494 e. The Bertz CT molecular complexity index is 1520. The van der Waals surface area contributed by atoms with Crippen molar-refractivity contribution in [2.24, 2.45) is 0 Å². The van der Waals surface area contributed by atoms with Crippen LogP contribution in [0.2, 0.25) is 0 Å². The Morgan fingerprint density at radius 2 is 1.83 bits per heavy atom. The number of H-pyrrole nitrogens is 1. The molecular formula is C32H42N6O4. The monoisotopic (exact) mass is 574 g/mol. The number of carbonyl (C=O) groups excluding carboxylic acids is 1. The Hall–Kier alpha value is -4.18. The van der Waals surface area contributed by atoms with Crippen molar-refractivity contribution in [3.05, 3.63) is 65.1 Å². The highest BCUT2D eigenvalue weighted by molar-refractivity contribution is 5.98. The van der Waals surface area contributed by atoms with Gasteiger partial charge in [0.1, 0.15) is 0 Å². The molecule has 1 fully saturated rings. The van der Waals surface area contributed by atoms with Crippen LogP contribution in [-0.2, 0) is 0 Å². The van der Waals surface area contributed by atoms with Gasteiger partial charge in [-0.25, -0.2) is 0 Å². The van der Waals surface area contributed by atoms with E-state index in [1.165, 1.54) is 0 Å². The van der Waals surface area contributed by atoms with E-state index in [4.69, 9.17) is 9.47 Å². The van der Waals surface area contributed by atoms with Crippen LogP contribution in [0.25, 0.3) is 10.8 Å². The Labute approximate surface area is 247 Å². The van der Waals surface area contributed by atoms with Gasteiger partial charge >= 0.3 is 0 Å². The smallest absolute Gasteiger partial charge is 0.255 e. The number of anilines is 1. The zero-order valence-corrected chi connectivity index (χ0v) is 25.2. The summed E-state index contributed by atoms with van der Waals surface area (Å²) in [5, 5.41) is 23.5. The molecule has 1 amide bonds. The van der Waals surface area contributed by atoms with E-state index in [0.717, 1.165) is 60.4 Å². The summed E-state index contributed by atoms with van der Waals surface area (Å²) in [7, 11) is 3.24. The van der Waals surface area contributed by atoms with Crippen LogP contribution in [0.1, 0.15) is 53.1 Å². The van der Waals surface area contributed by atoms with Crippen LogP contribution in [0.3, 0.4) is 0 Å². The van der Waals surface area contributed by atoms with Crippen LogP contribution in [0, 0.1) is 13.8 Å². The quantitative estimate of drug-likeness (QED) is 0.224. The number of carbonyl (C=O) groups is 1. The van der Waals surface area contributed by atoms with Crippen LogP contribution in [-0.4, -0.2) is 84.2 Å². The van der Waals surface area contributed by atoms with Gasteiger partial charge in [0, 0.05) is 61.1 Å². The number of hydrogen-bond donors (Lipinski definition) is 3. The number of hydrogen-bond acceptors (Lipinski definition) is 7. The number of nitrogens with one attached hydrogen (secondary N) is 2. The molecule has 10 heteroatoms. The van der Waals surface area contributed by atoms with Crippen LogP contribution < -0.4 is 19.7 Å². The lowest BCUT2D eigenvalue weighted by Gasteiger charge is -2.35. The number of amides is 1. The number of fused-ring (bicyclic) bond motifs is 1. The van der Waals surface area contributed by atoms with Gasteiger partial charge in [0.2, 0.25) is 0 Å². The number of methoxy groups -OCH3 is 2. The number of nitrogens with zero attached hydrogens (tertiary/aromatic N) is 4. The normalized spacial score (nSPS) is 14.7. The van der Waals surface area contributed by atoms with E-state index in [-0.39, 0.29) is 17.8 Å². The van der Waals surface area contributed by atoms with Crippen LogP contribution in [0.4, 0.5) is 5.69 Å². The molecule has 2 aromatic carbocycles. The Balaban J connectivity index is 1.44. The Morgan fingerprint density at radius 1 is 1.07 bits per heavy atom. The highest BCUT2D eigenvalue weighted by Gasteiger charge is 2.24. The minimum Gasteiger partial charge on any atom is -0.494 e. The van der Waals surface area contributed by atoms with Crippen molar-refractivity contribution in [2.45, 2.75) is 39.7 Å². The lowest BCUT2D eigenvalue weighted by Crippen LogP contribution is -2.46. The van der Waals surface area contributed by atoms with Crippen molar-refractivity contribution in [3.63, 3.8) is 0 Å². The zero-order chi connectivity index (χ0) is 29.8. The van der Waals surface area contributed by atoms with E-state index < -0.39 is 0 Å². The molecule has 2 aromatic heterocycles. The summed E-state index contributed by atoms with van der Waals surface area (Å²) in [5.41, 5.74) is 4.15. The average molecular weight is 575 g/mol. The summed E-state index contributed by atoms with van der Waals surface area (Å²) in [5.74, 6) is 1.37. The number of piperazine rings is 1. The highest BCUT2D eigenvalue weighted by atomic mass is 16.5. The first-order valence-corrected chi connectivity index (χ1v) is 14.7. The summed E-state index contributed by atoms with van der Waals surface area (Å²) in [4.78, 5) is 17.7. The molecule has 3 heterocycles. The number of aromatic nitrogens is 3. The molecule has 0 radical (unpaired) electrons. The maximum atomic E-state index is 12.8. The van der Waals surface area contributed by atoms with E-state index >= 15 is 0 Å². The Morgan fingerprint density at radius 3 is 2.50 bits per heavy atom. The first-order valence-electron chi connectivity index (χ1n) is 14.7. The van der Waals surface area contributed by atoms with E-state index in [1.807, 2.05) is 48.7 Å². The van der Waals surface area contributed by atoms with Gasteiger partial charge in [-0.3, -0.25) is 9.89 Å². The number of aryl methyl sites for hydroxylation is 2. The third-order valence-electron chi connectivity index (χ3n) is 8.42. The highest BCUT2D eigenvalue weighted by Crippen LogP contribution is 2.40. The van der Waals surface area contributed by atoms with Crippen molar-refractivity contribution in [1.29, 1.82) is 0 Å². The SMILES string of the molecule is CCN1CCN(c2cccc3c(O)n([C@H](CCCNC(=O)c4c(C)n[nH]c4C)c4ccc(OC)c(OC)c4)cc23)CC1. The van der Waals surface area contributed by atoms with Gasteiger partial charge in [0.25, 0.3) is 5.91 Å². The van der Waals surface area contributed by atoms with E-state index in [0.29, 0.717) is 42.1 Å². The summed E-state index contributed by atoms with van der Waals surface area (Å²) >= 11 is 0. The number of rotatable bonds is 11. The molecule has 1 aliphatic rings. The molecule has 0 spiro atoms. The number of benzene rings is 2. The molecule has 10 nitrogen and oxygen atoms in total. The van der Waals surface area contributed by atoms with Gasteiger partial charge in [0.05, 0.1) is 31.5 Å². The molecule has 0 bridgehead atoms. The third-order valence-corrected chi connectivity index (χ3v) is 8.42. The number of aromatic hydroxyl groups is 1. The standard InChI is InChI=1S/C32H42N6O4/c1-6-36-15-17-37(18-16-36)27-10-7-9-24-25(27)20-38(32(24)40)26(23-12-13-28(41-4)29(19-23)42-5)11-8-14-33-31(39)30-21(2)34-35-22(30)3/h7,9-10,12-13,19-20,26,40H,6,8,11,14-18H2,1-5H3,(H,33,39)(H,34,35)/t26-/m1/s1. The fourth-order valence-electron chi connectivity index (χ4n) is 6.04. The van der Waals surface area contributed by atoms with Gasteiger partial charge in [-0.05, 0) is 63.1 Å². The molecule has 0 unspecified atom stereocenters. The molecule has 3 N–H and O–H groups in total. The number of likely N-dealkylation sites (N-methyl/N-ethyl adjacent to an activating group) is 1. The third kappa shape index (κ3) is 5.76. The minimum absolute atomic E-state index is 0.135. The van der Waals surface area contributed by atoms with Gasteiger partial charge in [-0.2, -0.15) is 5.10 Å². The van der Waals surface area contributed by atoms with Crippen LogP contribution in [0.5, 0.6) is 17.4 Å². The zero-order valence-electron chi connectivity index (χ0n) is 25.2. The fraction of sp³-hybridized carbons (Fsp3) is 0.438. The first-order chi connectivity index (χ1) is 20.4. The predicted molar refractivity (Wildman–Crippen MR) is 165 cm³/mol. The van der Waals surface area contributed by atoms with Crippen molar-refractivity contribution in [2.75, 3.05) is 58.4 Å². The maximum absolute atomic E-state index is 12.8. The second kappa shape index (κ2) is 12.8. The van der Waals surface area contributed by atoms with Crippen LogP contribution >= 0.6 is 0 Å². The van der Waals surface area contributed by atoms with Gasteiger partial charge in [0.15, 0.2) is 17.4 Å². The maximum Gasteiger partial charge on any atom is 0.255 e. The molecule has 224 valence electrons. The van der Waals surface area contributed by atoms with E-state index in [2.05, 4.69) is 44.5 Å². The van der Waals surface area contributed by atoms with Crippen molar-refractivity contribution < 1.29 is 19.4 Å². The second-order valence-electron chi connectivity index (χ2n) is 10.9. The molecule has 42 heavy (non-hydrogen) atoms. The van der Waals surface area contributed by atoms with Crippen molar-refractivity contribution in [3.8, 4) is 17.4 Å². The topological polar surface area (TPSA) is 108 Å². The molecule has 4 aromatic rings. The van der Waals surface area contributed by atoms with Crippen molar-refractivity contribution >= 4 is 22.4 Å². The summed E-state index contributed by atoms with van der Waals surface area (Å²) < 4.78 is 13.1. The van der Waals surface area contributed by atoms with E-state index in [9.17, 15) is 9.90 Å². The molecule has 0 saturated carbocycles. The molecular weight excluding hydrogens is 532 g/mol. The van der Waals surface area contributed by atoms with E-state index in [1.54, 1.807) is 14.2 Å². The van der Waals surface area contributed by atoms with Gasteiger partial charge < -0.3 is 34.3 Å². The molecule has 5 rings (SSSR count). The lowest BCUT2D eigenvalue weighted by atomic mass is 10.0. The summed E-state index contributed by atoms with van der Waals surface area (Å²) in [6, 6.07) is 11.8. The first kappa shape index (κ1) is 29.3. The number of aromatic amines is 1. The molecule has 1 atom stereocenters. The predicted octanol–water partition coefficient (Wildman–Crippen LogP) is 4.65. The number of ether oxygens (including phenoxy) is 2. The second-order valence-corrected chi connectivity index (χ2v) is 10.9. The Kier molecular flexibility index (Phi) is 8.91. The fourth-order valence-corrected chi connectivity index (χ4v) is 6.04.